The maximum Gasteiger partial charge on any atom is 0.231 e. The Morgan fingerprint density at radius 3 is 2.26 bits per heavy atom. The smallest absolute Gasteiger partial charge is 0.231 e. The zero-order valence-corrected chi connectivity index (χ0v) is 12.3. The Balaban J connectivity index is 2.15. The van der Waals surface area contributed by atoms with Crippen LogP contribution in [0.15, 0.2) is 0 Å². The van der Waals surface area contributed by atoms with Crippen LogP contribution in [0.2, 0.25) is 0 Å². The molecule has 6 heteroatoms. The molecule has 106 valence electrons. The van der Waals surface area contributed by atoms with E-state index in [1.165, 1.54) is 6.42 Å². The van der Waals surface area contributed by atoms with Crippen molar-refractivity contribution in [2.24, 2.45) is 11.8 Å². The van der Waals surface area contributed by atoms with E-state index in [0.29, 0.717) is 17.8 Å². The van der Waals surface area contributed by atoms with Crippen molar-refractivity contribution >= 4 is 17.8 Å². The summed E-state index contributed by atoms with van der Waals surface area (Å²) in [6.07, 6.45) is 1.30. The Hall–Kier alpha value is -1.59. The summed E-state index contributed by atoms with van der Waals surface area (Å²) in [6, 6.07) is 0. The third kappa shape index (κ3) is 3.24. The van der Waals surface area contributed by atoms with E-state index >= 15 is 0 Å². The first kappa shape index (κ1) is 13.8. The van der Waals surface area contributed by atoms with Gasteiger partial charge in [-0.05, 0) is 32.1 Å². The number of nitrogens with two attached hydrogens (primary N) is 1. The molecule has 1 saturated carbocycles. The topological polar surface area (TPSA) is 71.2 Å². The van der Waals surface area contributed by atoms with E-state index in [1.54, 1.807) is 0 Å². The van der Waals surface area contributed by atoms with E-state index in [-0.39, 0.29) is 0 Å². The molecule has 0 bridgehead atoms. The molecule has 1 aromatic heterocycles. The Labute approximate surface area is 115 Å². The normalized spacial score (nSPS) is 21.3. The monoisotopic (exact) mass is 264 g/mol. The number of hydrogen-bond donors (Lipinski definition) is 1. The maximum absolute atomic E-state index is 5.80. The van der Waals surface area contributed by atoms with E-state index in [9.17, 15) is 0 Å². The quantitative estimate of drug-likeness (QED) is 0.837. The van der Waals surface area contributed by atoms with Gasteiger partial charge in [-0.3, -0.25) is 0 Å². The van der Waals surface area contributed by atoms with Crippen LogP contribution in [0.25, 0.3) is 0 Å². The number of rotatable bonds is 6. The Bertz CT molecular complexity index is 431. The first-order chi connectivity index (χ1) is 9.05. The Morgan fingerprint density at radius 2 is 1.74 bits per heavy atom. The van der Waals surface area contributed by atoms with Crippen molar-refractivity contribution in [2.45, 2.75) is 27.2 Å². The molecular formula is C13H24N6. The lowest BCUT2D eigenvalue weighted by Gasteiger charge is -2.22. The summed E-state index contributed by atoms with van der Waals surface area (Å²) in [4.78, 5) is 17.2. The van der Waals surface area contributed by atoms with Gasteiger partial charge in [0.2, 0.25) is 17.8 Å². The molecule has 0 radical (unpaired) electrons. The summed E-state index contributed by atoms with van der Waals surface area (Å²) in [6.45, 7) is 9.16. The van der Waals surface area contributed by atoms with Crippen molar-refractivity contribution in [3.63, 3.8) is 0 Å². The molecule has 0 amide bonds. The van der Waals surface area contributed by atoms with Gasteiger partial charge < -0.3 is 15.5 Å². The molecule has 2 unspecified atom stereocenters. The predicted octanol–water partition coefficient (Wildman–Crippen LogP) is 1.39. The van der Waals surface area contributed by atoms with Gasteiger partial charge in [-0.25, -0.2) is 0 Å². The third-order valence-electron chi connectivity index (χ3n) is 3.80. The molecule has 1 aliphatic rings. The average molecular weight is 264 g/mol. The summed E-state index contributed by atoms with van der Waals surface area (Å²) in [7, 11) is 2.02. The zero-order valence-electron chi connectivity index (χ0n) is 12.3. The number of hydrogen-bond acceptors (Lipinski definition) is 6. The highest BCUT2D eigenvalue weighted by atomic mass is 15.3. The molecule has 0 spiro atoms. The van der Waals surface area contributed by atoms with Crippen molar-refractivity contribution in [1.82, 2.24) is 15.0 Å². The summed E-state index contributed by atoms with van der Waals surface area (Å²) < 4.78 is 0. The molecule has 2 N–H and O–H groups in total. The molecular weight excluding hydrogens is 240 g/mol. The molecule has 2 rings (SSSR count). The van der Waals surface area contributed by atoms with Crippen LogP contribution in [-0.4, -0.2) is 41.6 Å². The molecule has 1 fully saturated rings. The number of anilines is 3. The van der Waals surface area contributed by atoms with E-state index < -0.39 is 0 Å². The minimum Gasteiger partial charge on any atom is -0.368 e. The highest BCUT2D eigenvalue weighted by Crippen LogP contribution is 2.38. The van der Waals surface area contributed by atoms with Gasteiger partial charge in [0.05, 0.1) is 0 Å². The average Bonchev–Trinajstić information content (AvgIpc) is 3.05. The summed E-state index contributed by atoms with van der Waals surface area (Å²) in [5.41, 5.74) is 5.80. The van der Waals surface area contributed by atoms with Crippen molar-refractivity contribution in [2.75, 3.05) is 42.2 Å². The largest absolute Gasteiger partial charge is 0.368 e. The molecule has 2 atom stereocenters. The van der Waals surface area contributed by atoms with Gasteiger partial charge in [0, 0.05) is 26.7 Å². The fourth-order valence-corrected chi connectivity index (χ4v) is 2.27. The Kier molecular flexibility index (Phi) is 4.07. The number of aromatic nitrogens is 3. The maximum atomic E-state index is 5.80. The predicted molar refractivity (Wildman–Crippen MR) is 78.3 cm³/mol. The minimum absolute atomic E-state index is 0.294. The molecule has 6 nitrogen and oxygen atoms in total. The van der Waals surface area contributed by atoms with E-state index in [1.807, 2.05) is 7.05 Å². The Morgan fingerprint density at radius 1 is 1.16 bits per heavy atom. The lowest BCUT2D eigenvalue weighted by Crippen LogP contribution is -2.28. The van der Waals surface area contributed by atoms with E-state index in [2.05, 4.69) is 45.5 Å². The molecule has 1 heterocycles. The van der Waals surface area contributed by atoms with E-state index in [0.717, 1.165) is 31.5 Å². The lowest BCUT2D eigenvalue weighted by atomic mass is 10.3. The molecule has 19 heavy (non-hydrogen) atoms. The van der Waals surface area contributed by atoms with Gasteiger partial charge in [-0.1, -0.05) is 6.92 Å². The van der Waals surface area contributed by atoms with Crippen LogP contribution >= 0.6 is 0 Å². The van der Waals surface area contributed by atoms with Gasteiger partial charge >= 0.3 is 0 Å². The van der Waals surface area contributed by atoms with Crippen LogP contribution in [-0.2, 0) is 0 Å². The second kappa shape index (κ2) is 5.59. The highest BCUT2D eigenvalue weighted by Gasteiger charge is 2.33. The van der Waals surface area contributed by atoms with Crippen LogP contribution in [0.4, 0.5) is 17.8 Å². The fraction of sp³-hybridized carbons (Fsp3) is 0.769. The second-order valence-electron chi connectivity index (χ2n) is 5.32. The third-order valence-corrected chi connectivity index (χ3v) is 3.80. The molecule has 1 aromatic rings. The second-order valence-corrected chi connectivity index (χ2v) is 5.32. The van der Waals surface area contributed by atoms with Crippen molar-refractivity contribution < 1.29 is 0 Å². The molecule has 1 aliphatic carbocycles. The standard InChI is InChI=1S/C13H24N6/c1-5-19(6-2)13-16-11(14)15-12(17-13)18(4)8-10-7-9(10)3/h9-10H,5-8H2,1-4H3,(H2,14,15,16,17). The van der Waals surface area contributed by atoms with Gasteiger partial charge in [0.15, 0.2) is 0 Å². The van der Waals surface area contributed by atoms with Crippen molar-refractivity contribution in [3.8, 4) is 0 Å². The highest BCUT2D eigenvalue weighted by molar-refractivity contribution is 5.43. The number of nitrogen functional groups attached to an aromatic ring is 1. The molecule has 0 aromatic carbocycles. The van der Waals surface area contributed by atoms with Gasteiger partial charge in [-0.15, -0.1) is 0 Å². The van der Waals surface area contributed by atoms with Crippen LogP contribution in [0.5, 0.6) is 0 Å². The van der Waals surface area contributed by atoms with E-state index in [4.69, 9.17) is 5.73 Å². The van der Waals surface area contributed by atoms with Crippen LogP contribution in [0, 0.1) is 11.8 Å². The van der Waals surface area contributed by atoms with Crippen molar-refractivity contribution in [1.29, 1.82) is 0 Å². The zero-order chi connectivity index (χ0) is 14.0. The fourth-order valence-electron chi connectivity index (χ4n) is 2.27. The van der Waals surface area contributed by atoms with Crippen molar-refractivity contribution in [3.05, 3.63) is 0 Å². The first-order valence-corrected chi connectivity index (χ1v) is 7.02. The van der Waals surface area contributed by atoms with Crippen LogP contribution < -0.4 is 15.5 Å². The molecule has 0 aliphatic heterocycles. The van der Waals surface area contributed by atoms with Gasteiger partial charge in [0.25, 0.3) is 0 Å². The summed E-state index contributed by atoms with van der Waals surface area (Å²) in [5, 5.41) is 0. The van der Waals surface area contributed by atoms with Crippen LogP contribution in [0.1, 0.15) is 27.2 Å². The lowest BCUT2D eigenvalue weighted by molar-refractivity contribution is 0.707. The first-order valence-electron chi connectivity index (χ1n) is 7.02. The van der Waals surface area contributed by atoms with Crippen LogP contribution in [0.3, 0.4) is 0 Å². The van der Waals surface area contributed by atoms with Gasteiger partial charge in [-0.2, -0.15) is 15.0 Å². The van der Waals surface area contributed by atoms with Gasteiger partial charge in [0.1, 0.15) is 0 Å². The minimum atomic E-state index is 0.294. The molecule has 0 saturated heterocycles. The SMILES string of the molecule is CCN(CC)c1nc(N)nc(N(C)CC2CC2C)n1. The number of nitrogens with zero attached hydrogens (tertiary/aromatic N) is 5. The summed E-state index contributed by atoms with van der Waals surface area (Å²) >= 11 is 0. The summed E-state index contributed by atoms with van der Waals surface area (Å²) in [5.74, 6) is 3.23.